The second-order valence-corrected chi connectivity index (χ2v) is 12.7. The zero-order chi connectivity index (χ0) is 30.6. The fourth-order valence-corrected chi connectivity index (χ4v) is 5.90. The van der Waals surface area contributed by atoms with Crippen molar-refractivity contribution in [3.8, 4) is 22.5 Å². The van der Waals surface area contributed by atoms with Gasteiger partial charge in [-0.05, 0) is 35.4 Å². The summed E-state index contributed by atoms with van der Waals surface area (Å²) in [6.45, 7) is 1.88. The van der Waals surface area contributed by atoms with Crippen LogP contribution >= 0.6 is 0 Å². The molecule has 0 aliphatic heterocycles. The van der Waals surface area contributed by atoms with Crippen LogP contribution in [0, 0.1) is 0 Å². The van der Waals surface area contributed by atoms with Crippen molar-refractivity contribution in [2.24, 2.45) is 0 Å². The van der Waals surface area contributed by atoms with Gasteiger partial charge in [0.1, 0.15) is 24.5 Å². The Morgan fingerprint density at radius 1 is 0.409 bits per heavy atom. The third-order valence-corrected chi connectivity index (χ3v) is 8.49. The predicted molar refractivity (Wildman–Crippen MR) is 183 cm³/mol. The molecule has 4 nitrogen and oxygen atoms in total. The predicted octanol–water partition coefficient (Wildman–Crippen LogP) is 7.44. The van der Waals surface area contributed by atoms with Crippen molar-refractivity contribution in [1.82, 2.24) is 8.97 Å². The molecule has 6 rings (SSSR count). The third-order valence-electron chi connectivity index (χ3n) is 8.49. The van der Waals surface area contributed by atoms with Crippen LogP contribution in [0.25, 0.3) is 22.5 Å². The monoisotopic (exact) mass is 578 g/mol. The normalized spacial score (nSPS) is 11.8. The maximum absolute atomic E-state index is 2.29. The molecule has 0 N–H and O–H groups in total. The molecule has 0 unspecified atom stereocenters. The highest BCUT2D eigenvalue weighted by atomic mass is 15.3. The maximum atomic E-state index is 2.29. The fourth-order valence-electron chi connectivity index (χ4n) is 5.90. The van der Waals surface area contributed by atoms with Crippen molar-refractivity contribution in [3.05, 3.63) is 169 Å². The number of pyridine rings is 2. The van der Waals surface area contributed by atoms with Gasteiger partial charge >= 0.3 is 0 Å². The molecule has 44 heavy (non-hydrogen) atoms. The van der Waals surface area contributed by atoms with Crippen molar-refractivity contribution >= 4 is 11.4 Å². The fraction of sp³-hybridized carbons (Fsp3) is 0.150. The van der Waals surface area contributed by atoms with Gasteiger partial charge < -0.3 is 0 Å². The zero-order valence-corrected chi connectivity index (χ0v) is 26.2. The second kappa shape index (κ2) is 12.4. The molecule has 4 aromatic carbocycles. The summed E-state index contributed by atoms with van der Waals surface area (Å²) in [4.78, 5) is 0. The summed E-state index contributed by atoms with van der Waals surface area (Å²) >= 11 is 0. The number of rotatable bonds is 9. The van der Waals surface area contributed by atoms with E-state index >= 15 is 0 Å². The van der Waals surface area contributed by atoms with Crippen LogP contribution in [-0.4, -0.2) is 28.2 Å². The summed E-state index contributed by atoms with van der Waals surface area (Å²) in [5.74, 6) is 0. The summed E-state index contributed by atoms with van der Waals surface area (Å²) in [5.41, 5.74) is 9.94. The minimum Gasteiger partial charge on any atom is -0.292 e. The Kier molecular flexibility index (Phi) is 8.21. The van der Waals surface area contributed by atoms with Crippen molar-refractivity contribution in [2.45, 2.75) is 13.1 Å². The van der Waals surface area contributed by atoms with E-state index in [1.165, 1.54) is 33.6 Å². The van der Waals surface area contributed by atoms with Gasteiger partial charge in [-0.2, -0.15) is 9.13 Å². The first-order valence-corrected chi connectivity index (χ1v) is 15.3. The summed E-state index contributed by atoms with van der Waals surface area (Å²) in [5, 5.41) is 0. The number of hydrogen-bond donors (Lipinski definition) is 0. The Bertz CT molecular complexity index is 1690. The van der Waals surface area contributed by atoms with E-state index in [0.29, 0.717) is 0 Å². The van der Waals surface area contributed by atoms with E-state index in [1.807, 2.05) is 0 Å². The molecule has 0 aliphatic carbocycles. The maximum Gasteiger partial charge on any atom is 0.216 e. The zero-order valence-electron chi connectivity index (χ0n) is 26.2. The van der Waals surface area contributed by atoms with Crippen LogP contribution in [0.15, 0.2) is 158 Å². The standard InChI is InChI=1S/C40H42N4/c1-43(2,31-33-13-7-5-8-14-33)39-19-11-17-37(29-39)41-25-21-35(22-26-41)36-23-27-42(28-24-36)38-18-12-20-40(30-38)44(3,4)32-34-15-9-6-10-16-34/h5-30H,31-32H2,1-4H3/q+4. The molecule has 6 aromatic rings. The minimum absolute atomic E-state index is 0.785. The summed E-state index contributed by atoms with van der Waals surface area (Å²) in [6, 6.07) is 47.9. The molecule has 0 fully saturated rings. The molecule has 0 aliphatic rings. The topological polar surface area (TPSA) is 7.76 Å². The lowest BCUT2D eigenvalue weighted by atomic mass is 10.1. The van der Waals surface area contributed by atoms with Crippen molar-refractivity contribution < 1.29 is 9.13 Å². The van der Waals surface area contributed by atoms with Crippen LogP contribution in [0.1, 0.15) is 11.1 Å². The van der Waals surface area contributed by atoms with Crippen LogP contribution in [0.2, 0.25) is 0 Å². The Morgan fingerprint density at radius 3 is 1.14 bits per heavy atom. The van der Waals surface area contributed by atoms with Gasteiger partial charge in [0.25, 0.3) is 0 Å². The van der Waals surface area contributed by atoms with Gasteiger partial charge in [-0.25, -0.2) is 0 Å². The molecule has 0 saturated heterocycles. The van der Waals surface area contributed by atoms with Gasteiger partial charge in [-0.15, -0.1) is 0 Å². The van der Waals surface area contributed by atoms with Gasteiger partial charge in [0.2, 0.25) is 11.4 Å². The number of aromatic nitrogens is 2. The van der Waals surface area contributed by atoms with E-state index in [-0.39, 0.29) is 0 Å². The van der Waals surface area contributed by atoms with Crippen molar-refractivity contribution in [2.75, 3.05) is 28.2 Å². The lowest BCUT2D eigenvalue weighted by molar-refractivity contribution is -0.596. The molecule has 0 bridgehead atoms. The van der Waals surface area contributed by atoms with E-state index in [1.54, 1.807) is 0 Å². The van der Waals surface area contributed by atoms with Crippen LogP contribution in [0.5, 0.6) is 0 Å². The van der Waals surface area contributed by atoms with Gasteiger partial charge in [-0.1, -0.05) is 60.7 Å². The van der Waals surface area contributed by atoms with E-state index in [2.05, 4.69) is 196 Å². The number of hydrogen-bond acceptors (Lipinski definition) is 0. The Hall–Kier alpha value is -4.90. The van der Waals surface area contributed by atoms with Crippen molar-refractivity contribution in [3.63, 3.8) is 0 Å². The molecule has 0 atom stereocenters. The van der Waals surface area contributed by atoms with E-state index in [9.17, 15) is 0 Å². The quantitative estimate of drug-likeness (QED) is 0.124. The number of benzene rings is 4. The first-order valence-electron chi connectivity index (χ1n) is 15.3. The number of quaternary nitrogens is 2. The van der Waals surface area contributed by atoms with E-state index in [4.69, 9.17) is 0 Å². The van der Waals surface area contributed by atoms with Crippen LogP contribution in [0.3, 0.4) is 0 Å². The summed E-state index contributed by atoms with van der Waals surface area (Å²) < 4.78 is 5.96. The SMILES string of the molecule is C[N+](C)(Cc1ccccc1)c1cccc(-[n+]2ccc(-c3cc[n+](-c4cccc([N+](C)(C)Cc5ccccc5)c4)cc3)cc2)c1. The van der Waals surface area contributed by atoms with Crippen LogP contribution in [-0.2, 0) is 13.1 Å². The average Bonchev–Trinajstić information content (AvgIpc) is 3.06. The first kappa shape index (κ1) is 29.2. The highest BCUT2D eigenvalue weighted by Gasteiger charge is 2.23. The third kappa shape index (κ3) is 6.68. The second-order valence-electron chi connectivity index (χ2n) is 12.7. The van der Waals surface area contributed by atoms with Gasteiger partial charge in [0, 0.05) is 47.5 Å². The molecule has 2 aromatic heterocycles. The molecular formula is C40H42N4+4. The van der Waals surface area contributed by atoms with E-state index < -0.39 is 0 Å². The molecule has 4 heteroatoms. The first-order chi connectivity index (χ1) is 21.3. The van der Waals surface area contributed by atoms with Gasteiger partial charge in [-0.3, -0.25) is 8.97 Å². The lowest BCUT2D eigenvalue weighted by Gasteiger charge is -2.29. The van der Waals surface area contributed by atoms with E-state index in [0.717, 1.165) is 33.4 Å². The highest BCUT2D eigenvalue weighted by molar-refractivity contribution is 5.61. The summed E-state index contributed by atoms with van der Waals surface area (Å²) in [6.07, 6.45) is 8.62. The summed E-state index contributed by atoms with van der Waals surface area (Å²) in [7, 11) is 9.07. The Balaban J connectivity index is 1.17. The van der Waals surface area contributed by atoms with Crippen LogP contribution in [0.4, 0.5) is 11.4 Å². The minimum atomic E-state index is 0.785. The smallest absolute Gasteiger partial charge is 0.216 e. The molecule has 0 amide bonds. The van der Waals surface area contributed by atoms with Gasteiger partial charge in [0.05, 0.1) is 40.3 Å². The molecule has 2 heterocycles. The average molecular weight is 579 g/mol. The molecule has 0 radical (unpaired) electrons. The van der Waals surface area contributed by atoms with Crippen LogP contribution < -0.4 is 18.1 Å². The largest absolute Gasteiger partial charge is 0.292 e. The van der Waals surface area contributed by atoms with Gasteiger partial charge in [0.15, 0.2) is 24.8 Å². The molecule has 218 valence electrons. The Labute approximate surface area is 262 Å². The highest BCUT2D eigenvalue weighted by Crippen LogP contribution is 2.25. The van der Waals surface area contributed by atoms with Crippen molar-refractivity contribution in [1.29, 1.82) is 0 Å². The molecule has 0 spiro atoms. The number of nitrogens with zero attached hydrogens (tertiary/aromatic N) is 4. The molecule has 0 saturated carbocycles. The molecular weight excluding hydrogens is 536 g/mol. The lowest BCUT2D eigenvalue weighted by Crippen LogP contribution is -2.40. The Morgan fingerprint density at radius 2 is 0.773 bits per heavy atom.